The Morgan fingerprint density at radius 1 is 1.23 bits per heavy atom. The van der Waals surface area contributed by atoms with E-state index in [9.17, 15) is 14.4 Å². The molecular formula is C23H28N2O4S. The monoisotopic (exact) mass is 428 g/mol. The highest BCUT2D eigenvalue weighted by atomic mass is 32.1. The molecule has 2 aromatic rings. The number of nitrogens with one attached hydrogen (secondary N) is 2. The van der Waals surface area contributed by atoms with Crippen LogP contribution in [0.5, 0.6) is 0 Å². The number of hydrogen-bond acceptors (Lipinski definition) is 5. The Morgan fingerprint density at radius 2 is 1.97 bits per heavy atom. The van der Waals surface area contributed by atoms with Crippen LogP contribution in [0.2, 0.25) is 0 Å². The predicted octanol–water partition coefficient (Wildman–Crippen LogP) is 3.08. The summed E-state index contributed by atoms with van der Waals surface area (Å²) in [5, 5.41) is 9.26. The molecule has 1 aromatic heterocycles. The van der Waals surface area contributed by atoms with Crippen LogP contribution in [0.3, 0.4) is 0 Å². The van der Waals surface area contributed by atoms with Gasteiger partial charge in [0.05, 0.1) is 11.7 Å². The summed E-state index contributed by atoms with van der Waals surface area (Å²) >= 11 is 1.42. The lowest BCUT2D eigenvalue weighted by atomic mass is 9.78. The Morgan fingerprint density at radius 3 is 2.60 bits per heavy atom. The van der Waals surface area contributed by atoms with Crippen molar-refractivity contribution in [1.29, 1.82) is 0 Å². The summed E-state index contributed by atoms with van der Waals surface area (Å²) in [6.07, 6.45) is 0.673. The molecule has 6 nitrogen and oxygen atoms in total. The Bertz CT molecular complexity index is 880. The van der Waals surface area contributed by atoms with Crippen molar-refractivity contribution in [2.75, 3.05) is 6.61 Å². The van der Waals surface area contributed by atoms with E-state index in [0.29, 0.717) is 18.4 Å². The van der Waals surface area contributed by atoms with E-state index in [1.54, 1.807) is 11.4 Å². The highest BCUT2D eigenvalue weighted by Crippen LogP contribution is 2.28. The van der Waals surface area contributed by atoms with E-state index < -0.39 is 12.1 Å². The predicted molar refractivity (Wildman–Crippen MR) is 117 cm³/mol. The maximum absolute atomic E-state index is 13.2. The topological polar surface area (TPSA) is 84.5 Å². The van der Waals surface area contributed by atoms with Gasteiger partial charge in [-0.15, -0.1) is 0 Å². The molecule has 7 heteroatoms. The van der Waals surface area contributed by atoms with Gasteiger partial charge in [-0.3, -0.25) is 14.4 Å². The van der Waals surface area contributed by atoms with Crippen LogP contribution in [0.1, 0.15) is 49.5 Å². The van der Waals surface area contributed by atoms with Crippen LogP contribution in [0.15, 0.2) is 47.2 Å². The molecule has 2 N–H and O–H groups in total. The van der Waals surface area contributed by atoms with Gasteiger partial charge in [0, 0.05) is 5.38 Å². The molecule has 0 spiro atoms. The summed E-state index contributed by atoms with van der Waals surface area (Å²) in [5.41, 5.74) is 1.22. The molecule has 0 saturated carbocycles. The molecule has 1 aliphatic rings. The van der Waals surface area contributed by atoms with Gasteiger partial charge in [0.15, 0.2) is 5.78 Å². The van der Waals surface area contributed by atoms with Crippen LogP contribution in [-0.4, -0.2) is 42.4 Å². The Balaban J connectivity index is 1.80. The second-order valence-corrected chi connectivity index (χ2v) is 8.98. The number of rotatable bonds is 8. The van der Waals surface area contributed by atoms with E-state index >= 15 is 0 Å². The SMILES string of the molecule is CCC1OCC(=O)C1NC(=O)C(CC(C)(C)c1ccccc1)NC(=O)c1ccsc1. The molecule has 2 amide bonds. The van der Waals surface area contributed by atoms with Gasteiger partial charge in [0.1, 0.15) is 18.7 Å². The minimum absolute atomic E-state index is 0.00485. The first-order valence-corrected chi connectivity index (χ1v) is 11.1. The second-order valence-electron chi connectivity index (χ2n) is 8.20. The number of Topliss-reactive ketones (excluding diaryl/α,β-unsaturated/α-hetero) is 1. The van der Waals surface area contributed by atoms with Gasteiger partial charge in [0.2, 0.25) is 5.91 Å². The highest BCUT2D eigenvalue weighted by molar-refractivity contribution is 7.08. The molecule has 1 fully saturated rings. The third-order valence-electron chi connectivity index (χ3n) is 5.53. The number of benzene rings is 1. The van der Waals surface area contributed by atoms with Crippen molar-refractivity contribution in [3.05, 3.63) is 58.3 Å². The minimum atomic E-state index is -0.793. The average molecular weight is 429 g/mol. The summed E-state index contributed by atoms with van der Waals surface area (Å²) in [6.45, 7) is 6.00. The van der Waals surface area contributed by atoms with Crippen LogP contribution in [0.25, 0.3) is 0 Å². The first-order valence-electron chi connectivity index (χ1n) is 10.1. The molecule has 1 aliphatic heterocycles. The molecular weight excluding hydrogens is 400 g/mol. The zero-order valence-electron chi connectivity index (χ0n) is 17.5. The van der Waals surface area contributed by atoms with E-state index in [-0.39, 0.29) is 35.7 Å². The van der Waals surface area contributed by atoms with Crippen molar-refractivity contribution in [1.82, 2.24) is 10.6 Å². The summed E-state index contributed by atoms with van der Waals surface area (Å²) in [5.74, 6) is -0.813. The molecule has 2 heterocycles. The molecule has 1 saturated heterocycles. The third kappa shape index (κ3) is 5.15. The number of ether oxygens (including phenoxy) is 1. The first-order chi connectivity index (χ1) is 14.3. The summed E-state index contributed by atoms with van der Waals surface area (Å²) in [6, 6.07) is 10.1. The van der Waals surface area contributed by atoms with E-state index in [1.165, 1.54) is 11.3 Å². The third-order valence-corrected chi connectivity index (χ3v) is 6.22. The van der Waals surface area contributed by atoms with Gasteiger partial charge in [0.25, 0.3) is 5.91 Å². The van der Waals surface area contributed by atoms with Gasteiger partial charge in [-0.25, -0.2) is 0 Å². The maximum atomic E-state index is 13.2. The van der Waals surface area contributed by atoms with E-state index in [1.807, 2.05) is 56.5 Å². The Labute approximate surface area is 181 Å². The van der Waals surface area contributed by atoms with Crippen LogP contribution in [-0.2, 0) is 19.7 Å². The lowest BCUT2D eigenvalue weighted by Crippen LogP contribution is -2.54. The average Bonchev–Trinajstić information content (AvgIpc) is 3.39. The molecule has 3 atom stereocenters. The molecule has 0 radical (unpaired) electrons. The highest BCUT2D eigenvalue weighted by Gasteiger charge is 2.38. The fourth-order valence-corrected chi connectivity index (χ4v) is 4.36. The van der Waals surface area contributed by atoms with Gasteiger partial charge >= 0.3 is 0 Å². The molecule has 30 heavy (non-hydrogen) atoms. The zero-order valence-corrected chi connectivity index (χ0v) is 18.3. The van der Waals surface area contributed by atoms with E-state index in [2.05, 4.69) is 10.6 Å². The largest absolute Gasteiger partial charge is 0.368 e. The Hall–Kier alpha value is -2.51. The molecule has 160 valence electrons. The summed E-state index contributed by atoms with van der Waals surface area (Å²) < 4.78 is 5.47. The van der Waals surface area contributed by atoms with Crippen LogP contribution in [0.4, 0.5) is 0 Å². The van der Waals surface area contributed by atoms with Crippen molar-refractivity contribution in [3.63, 3.8) is 0 Å². The fourth-order valence-electron chi connectivity index (χ4n) is 3.73. The number of carbonyl (C=O) groups is 3. The first kappa shape index (κ1) is 22.2. The van der Waals surface area contributed by atoms with Crippen molar-refractivity contribution in [2.45, 2.75) is 57.2 Å². The lowest BCUT2D eigenvalue weighted by Gasteiger charge is -2.31. The molecule has 3 unspecified atom stereocenters. The number of amides is 2. The maximum Gasteiger partial charge on any atom is 0.252 e. The number of carbonyl (C=O) groups excluding carboxylic acids is 3. The van der Waals surface area contributed by atoms with Crippen LogP contribution in [0, 0.1) is 0 Å². The second kappa shape index (κ2) is 9.53. The van der Waals surface area contributed by atoms with Crippen LogP contribution >= 0.6 is 11.3 Å². The lowest BCUT2D eigenvalue weighted by molar-refractivity contribution is -0.128. The number of hydrogen-bond donors (Lipinski definition) is 2. The van der Waals surface area contributed by atoms with Crippen LogP contribution < -0.4 is 10.6 Å². The summed E-state index contributed by atoms with van der Waals surface area (Å²) in [7, 11) is 0. The Kier molecular flexibility index (Phi) is 7.05. The minimum Gasteiger partial charge on any atom is -0.368 e. The normalized spacial score (nSPS) is 20.0. The van der Waals surface area contributed by atoms with Crippen molar-refractivity contribution in [3.8, 4) is 0 Å². The molecule has 1 aromatic carbocycles. The molecule has 0 bridgehead atoms. The van der Waals surface area contributed by atoms with Gasteiger partial charge in [-0.2, -0.15) is 11.3 Å². The fraction of sp³-hybridized carbons (Fsp3) is 0.435. The number of thiophene rings is 1. The van der Waals surface area contributed by atoms with Gasteiger partial charge < -0.3 is 15.4 Å². The summed E-state index contributed by atoms with van der Waals surface area (Å²) in [4.78, 5) is 38.1. The standard InChI is InChI=1S/C23H28N2O4S/c1-4-19-20(18(26)13-29-19)25-22(28)17(24-21(27)15-10-11-30-14-15)12-23(2,3)16-8-6-5-7-9-16/h5-11,14,17,19-20H,4,12-13H2,1-3H3,(H,24,27)(H,25,28). The van der Waals surface area contributed by atoms with Crippen molar-refractivity contribution >= 4 is 28.9 Å². The van der Waals surface area contributed by atoms with Gasteiger partial charge in [-0.1, -0.05) is 51.1 Å². The van der Waals surface area contributed by atoms with Crippen molar-refractivity contribution in [2.24, 2.45) is 0 Å². The van der Waals surface area contributed by atoms with Gasteiger partial charge in [-0.05, 0) is 35.3 Å². The molecule has 0 aliphatic carbocycles. The van der Waals surface area contributed by atoms with E-state index in [4.69, 9.17) is 4.74 Å². The quantitative estimate of drug-likeness (QED) is 0.677. The zero-order chi connectivity index (χ0) is 21.7. The molecule has 3 rings (SSSR count). The van der Waals surface area contributed by atoms with Crippen molar-refractivity contribution < 1.29 is 19.1 Å². The number of ketones is 1. The smallest absolute Gasteiger partial charge is 0.252 e. The van der Waals surface area contributed by atoms with E-state index in [0.717, 1.165) is 5.56 Å².